The van der Waals surface area contributed by atoms with Crippen molar-refractivity contribution < 1.29 is 17.6 Å². The predicted octanol–water partition coefficient (Wildman–Crippen LogP) is 2.13. The molecule has 20 heavy (non-hydrogen) atoms. The fourth-order valence-corrected chi connectivity index (χ4v) is 1.92. The number of hydrazine groups is 1. The van der Waals surface area contributed by atoms with Crippen molar-refractivity contribution in [2.24, 2.45) is 12.9 Å². The highest BCUT2D eigenvalue weighted by Crippen LogP contribution is 2.33. The third-order valence-corrected chi connectivity index (χ3v) is 2.92. The van der Waals surface area contributed by atoms with Crippen LogP contribution < -0.4 is 11.3 Å². The predicted molar refractivity (Wildman–Crippen MR) is 63.8 cm³/mol. The quantitative estimate of drug-likeness (QED) is 0.517. The smallest absolute Gasteiger partial charge is 0.336 e. The van der Waals surface area contributed by atoms with Gasteiger partial charge < -0.3 is 4.57 Å². The van der Waals surface area contributed by atoms with E-state index >= 15 is 0 Å². The van der Waals surface area contributed by atoms with E-state index in [0.29, 0.717) is 11.9 Å². The van der Waals surface area contributed by atoms with E-state index in [1.54, 1.807) is 17.8 Å². The SMILES string of the molecule is Cn1ccnc1C(NN)c1ccc(C(F)(F)F)c(F)c1. The van der Waals surface area contributed by atoms with Gasteiger partial charge in [-0.2, -0.15) is 13.2 Å². The van der Waals surface area contributed by atoms with E-state index in [-0.39, 0.29) is 5.56 Å². The number of imidazole rings is 1. The molecule has 1 unspecified atom stereocenters. The molecule has 1 aromatic heterocycles. The van der Waals surface area contributed by atoms with E-state index < -0.39 is 23.6 Å². The first-order chi connectivity index (χ1) is 9.34. The van der Waals surface area contributed by atoms with Crippen LogP contribution in [0.4, 0.5) is 17.6 Å². The minimum absolute atomic E-state index is 0.257. The minimum Gasteiger partial charge on any atom is -0.336 e. The average Bonchev–Trinajstić information content (AvgIpc) is 2.75. The van der Waals surface area contributed by atoms with Gasteiger partial charge in [-0.05, 0) is 17.7 Å². The Labute approximate surface area is 112 Å². The molecule has 1 heterocycles. The highest BCUT2D eigenvalue weighted by atomic mass is 19.4. The molecule has 2 aromatic rings. The number of nitrogens with zero attached hydrogens (tertiary/aromatic N) is 2. The lowest BCUT2D eigenvalue weighted by Gasteiger charge is -2.17. The summed E-state index contributed by atoms with van der Waals surface area (Å²) in [7, 11) is 1.70. The van der Waals surface area contributed by atoms with Crippen LogP contribution in [0.15, 0.2) is 30.6 Å². The summed E-state index contributed by atoms with van der Waals surface area (Å²) in [5.41, 5.74) is 1.36. The van der Waals surface area contributed by atoms with Crippen LogP contribution in [-0.4, -0.2) is 9.55 Å². The molecule has 4 nitrogen and oxygen atoms in total. The van der Waals surface area contributed by atoms with Gasteiger partial charge in [0.2, 0.25) is 0 Å². The van der Waals surface area contributed by atoms with E-state index in [0.717, 1.165) is 6.07 Å². The standard InChI is InChI=1S/C12H12F4N4/c1-20-5-4-18-11(20)10(19-17)7-2-3-8(9(13)6-7)12(14,15)16/h2-6,10,19H,17H2,1H3. The Kier molecular flexibility index (Phi) is 3.78. The van der Waals surface area contributed by atoms with Gasteiger partial charge in [-0.15, -0.1) is 0 Å². The van der Waals surface area contributed by atoms with Gasteiger partial charge in [0.15, 0.2) is 0 Å². The van der Waals surface area contributed by atoms with Gasteiger partial charge in [-0.3, -0.25) is 5.84 Å². The molecular formula is C12H12F4N4. The van der Waals surface area contributed by atoms with Crippen LogP contribution in [0.5, 0.6) is 0 Å². The molecule has 0 fully saturated rings. The van der Waals surface area contributed by atoms with E-state index in [4.69, 9.17) is 5.84 Å². The van der Waals surface area contributed by atoms with Crippen molar-refractivity contribution in [3.05, 3.63) is 53.4 Å². The molecule has 1 atom stereocenters. The Bertz CT molecular complexity index is 606. The van der Waals surface area contributed by atoms with Crippen LogP contribution in [-0.2, 0) is 13.2 Å². The molecule has 2 rings (SSSR count). The lowest BCUT2D eigenvalue weighted by atomic mass is 10.0. The number of nitrogens with one attached hydrogen (secondary N) is 1. The van der Waals surface area contributed by atoms with E-state index in [1.807, 2.05) is 0 Å². The molecule has 0 aliphatic rings. The van der Waals surface area contributed by atoms with Crippen LogP contribution in [0, 0.1) is 5.82 Å². The van der Waals surface area contributed by atoms with Crippen LogP contribution in [0.2, 0.25) is 0 Å². The van der Waals surface area contributed by atoms with Gasteiger partial charge in [-0.25, -0.2) is 14.8 Å². The molecule has 0 saturated heterocycles. The summed E-state index contributed by atoms with van der Waals surface area (Å²) >= 11 is 0. The molecule has 0 spiro atoms. The van der Waals surface area contributed by atoms with Crippen molar-refractivity contribution >= 4 is 0 Å². The van der Waals surface area contributed by atoms with Gasteiger partial charge >= 0.3 is 6.18 Å². The lowest BCUT2D eigenvalue weighted by molar-refractivity contribution is -0.140. The largest absolute Gasteiger partial charge is 0.419 e. The number of halogens is 4. The van der Waals surface area contributed by atoms with Crippen LogP contribution >= 0.6 is 0 Å². The molecule has 8 heteroatoms. The first kappa shape index (κ1) is 14.5. The topological polar surface area (TPSA) is 55.9 Å². The van der Waals surface area contributed by atoms with Gasteiger partial charge in [0.05, 0.1) is 5.56 Å². The van der Waals surface area contributed by atoms with Crippen LogP contribution in [0.25, 0.3) is 0 Å². The van der Waals surface area contributed by atoms with Crippen molar-refractivity contribution in [2.45, 2.75) is 12.2 Å². The fourth-order valence-electron chi connectivity index (χ4n) is 1.92. The van der Waals surface area contributed by atoms with Gasteiger partial charge in [0, 0.05) is 19.4 Å². The lowest BCUT2D eigenvalue weighted by Crippen LogP contribution is -2.31. The first-order valence-electron chi connectivity index (χ1n) is 5.64. The second kappa shape index (κ2) is 5.22. The highest BCUT2D eigenvalue weighted by molar-refractivity contribution is 5.31. The Balaban J connectivity index is 2.43. The molecule has 0 bridgehead atoms. The van der Waals surface area contributed by atoms with Crippen molar-refractivity contribution in [1.29, 1.82) is 0 Å². The maximum Gasteiger partial charge on any atom is 0.419 e. The molecule has 0 aliphatic heterocycles. The number of aryl methyl sites for hydroxylation is 1. The third-order valence-electron chi connectivity index (χ3n) is 2.92. The summed E-state index contributed by atoms with van der Waals surface area (Å²) in [5.74, 6) is 4.51. The molecule has 0 aliphatic carbocycles. The van der Waals surface area contributed by atoms with E-state index in [2.05, 4.69) is 10.4 Å². The Morgan fingerprint density at radius 2 is 2.05 bits per heavy atom. The zero-order valence-electron chi connectivity index (χ0n) is 10.4. The van der Waals surface area contributed by atoms with Gasteiger partial charge in [0.25, 0.3) is 0 Å². The van der Waals surface area contributed by atoms with Crippen molar-refractivity contribution in [2.75, 3.05) is 0 Å². The van der Waals surface area contributed by atoms with Gasteiger partial charge in [0.1, 0.15) is 17.7 Å². The maximum absolute atomic E-state index is 13.6. The zero-order chi connectivity index (χ0) is 14.9. The van der Waals surface area contributed by atoms with Crippen molar-refractivity contribution in [3.63, 3.8) is 0 Å². The molecule has 3 N–H and O–H groups in total. The number of hydrogen-bond acceptors (Lipinski definition) is 3. The zero-order valence-corrected chi connectivity index (χ0v) is 10.4. The number of hydrogen-bond donors (Lipinski definition) is 2. The highest BCUT2D eigenvalue weighted by Gasteiger charge is 2.34. The number of aromatic nitrogens is 2. The monoisotopic (exact) mass is 288 g/mol. The van der Waals surface area contributed by atoms with Crippen LogP contribution in [0.3, 0.4) is 0 Å². The summed E-state index contributed by atoms with van der Waals surface area (Å²) in [6.07, 6.45) is -1.56. The summed E-state index contributed by atoms with van der Waals surface area (Å²) in [6, 6.07) is 1.97. The normalized spacial score (nSPS) is 13.5. The second-order valence-electron chi connectivity index (χ2n) is 4.23. The summed E-state index contributed by atoms with van der Waals surface area (Å²) in [6.45, 7) is 0. The van der Waals surface area contributed by atoms with E-state index in [9.17, 15) is 17.6 Å². The number of benzene rings is 1. The summed E-state index contributed by atoms with van der Waals surface area (Å²) in [4.78, 5) is 4.04. The molecular weight excluding hydrogens is 276 g/mol. The molecule has 0 saturated carbocycles. The summed E-state index contributed by atoms with van der Waals surface area (Å²) < 4.78 is 52.7. The minimum atomic E-state index is -4.72. The Hall–Kier alpha value is -1.93. The molecule has 0 amide bonds. The third kappa shape index (κ3) is 2.66. The number of nitrogens with two attached hydrogens (primary N) is 1. The maximum atomic E-state index is 13.6. The van der Waals surface area contributed by atoms with Gasteiger partial charge in [-0.1, -0.05) is 6.07 Å². The Morgan fingerprint density at radius 3 is 2.50 bits per heavy atom. The summed E-state index contributed by atoms with van der Waals surface area (Å²) in [5, 5.41) is 0. The van der Waals surface area contributed by atoms with Crippen molar-refractivity contribution in [1.82, 2.24) is 15.0 Å². The van der Waals surface area contributed by atoms with Crippen LogP contribution in [0.1, 0.15) is 23.0 Å². The van der Waals surface area contributed by atoms with E-state index in [1.165, 1.54) is 12.3 Å². The first-order valence-corrected chi connectivity index (χ1v) is 5.64. The average molecular weight is 288 g/mol. The number of alkyl halides is 3. The Morgan fingerprint density at radius 1 is 1.35 bits per heavy atom. The molecule has 0 radical (unpaired) electrons. The number of rotatable bonds is 3. The fraction of sp³-hybridized carbons (Fsp3) is 0.250. The second-order valence-corrected chi connectivity index (χ2v) is 4.23. The molecule has 1 aromatic carbocycles. The van der Waals surface area contributed by atoms with Crippen molar-refractivity contribution in [3.8, 4) is 0 Å². The molecule has 108 valence electrons.